The first-order chi connectivity index (χ1) is 23.2. The van der Waals surface area contributed by atoms with Crippen LogP contribution in [0.2, 0.25) is 0 Å². The van der Waals surface area contributed by atoms with Crippen molar-refractivity contribution < 1.29 is 38.4 Å². The number of rotatable bonds is 10. The monoisotopic (exact) mass is 658 g/mol. The first kappa shape index (κ1) is 34.2. The van der Waals surface area contributed by atoms with E-state index in [1.807, 2.05) is 60.7 Å². The predicted molar refractivity (Wildman–Crippen MR) is 178 cm³/mol. The Morgan fingerprint density at radius 1 is 0.938 bits per heavy atom. The number of hydrogen-bond acceptors (Lipinski definition) is 9. The highest BCUT2D eigenvalue weighted by molar-refractivity contribution is 5.82. The first-order valence-electron chi connectivity index (χ1n) is 16.9. The molecule has 0 bridgehead atoms. The van der Waals surface area contributed by atoms with Gasteiger partial charge >= 0.3 is 5.97 Å². The molecule has 3 saturated heterocycles. The van der Waals surface area contributed by atoms with Crippen LogP contribution in [0.15, 0.2) is 72.8 Å². The van der Waals surface area contributed by atoms with E-state index in [0.29, 0.717) is 19.8 Å². The summed E-state index contributed by atoms with van der Waals surface area (Å²) in [5.41, 5.74) is 5.82. The van der Waals surface area contributed by atoms with Gasteiger partial charge in [-0.05, 0) is 40.8 Å². The predicted octanol–water partition coefficient (Wildman–Crippen LogP) is 5.04. The summed E-state index contributed by atoms with van der Waals surface area (Å²) >= 11 is 0. The molecule has 0 aromatic heterocycles. The van der Waals surface area contributed by atoms with E-state index in [9.17, 15) is 14.7 Å². The van der Waals surface area contributed by atoms with Crippen molar-refractivity contribution in [3.8, 4) is 11.1 Å². The number of hydrogen-bond donors (Lipinski definition) is 2. The number of aliphatic hydroxyl groups is 1. The van der Waals surface area contributed by atoms with Crippen LogP contribution in [0.4, 0.5) is 0 Å². The van der Waals surface area contributed by atoms with E-state index in [4.69, 9.17) is 23.7 Å². The molecule has 0 unspecified atom stereocenters. The molecule has 0 aliphatic carbocycles. The van der Waals surface area contributed by atoms with E-state index in [1.54, 1.807) is 6.92 Å². The van der Waals surface area contributed by atoms with Crippen LogP contribution in [-0.2, 0) is 46.4 Å². The van der Waals surface area contributed by atoms with Crippen LogP contribution in [-0.4, -0.2) is 72.7 Å². The lowest BCUT2D eigenvalue weighted by Gasteiger charge is -2.44. The topological polar surface area (TPSA) is 116 Å². The molecule has 3 aliphatic heterocycles. The minimum absolute atomic E-state index is 0.00121. The molecular formula is C38H46N2O8. The molecule has 6 rings (SSSR count). The van der Waals surface area contributed by atoms with Gasteiger partial charge < -0.3 is 39.0 Å². The Morgan fingerprint density at radius 2 is 1.62 bits per heavy atom. The van der Waals surface area contributed by atoms with Crippen LogP contribution < -0.4 is 5.32 Å². The molecule has 3 aromatic carbocycles. The highest BCUT2D eigenvalue weighted by Gasteiger charge is 2.43. The van der Waals surface area contributed by atoms with E-state index in [2.05, 4.69) is 29.3 Å². The van der Waals surface area contributed by atoms with Gasteiger partial charge in [0, 0.05) is 57.4 Å². The van der Waals surface area contributed by atoms with Gasteiger partial charge in [-0.15, -0.1) is 0 Å². The largest absolute Gasteiger partial charge is 0.453 e. The molecule has 3 aromatic rings. The van der Waals surface area contributed by atoms with Gasteiger partial charge in [0.2, 0.25) is 0 Å². The minimum Gasteiger partial charge on any atom is -0.453 e. The third-order valence-corrected chi connectivity index (χ3v) is 9.61. The van der Waals surface area contributed by atoms with Gasteiger partial charge in [-0.1, -0.05) is 73.7 Å². The zero-order chi connectivity index (χ0) is 33.7. The molecule has 48 heavy (non-hydrogen) atoms. The summed E-state index contributed by atoms with van der Waals surface area (Å²) in [4.78, 5) is 25.9. The number of aliphatic hydroxyl groups excluding tert-OH is 1. The summed E-state index contributed by atoms with van der Waals surface area (Å²) in [5.74, 6) is -1.16. The van der Waals surface area contributed by atoms with Crippen molar-refractivity contribution in [2.75, 3.05) is 32.8 Å². The summed E-state index contributed by atoms with van der Waals surface area (Å²) in [6.45, 7) is 9.23. The zero-order valence-electron chi connectivity index (χ0n) is 27.9. The molecule has 3 heterocycles. The second-order valence-electron chi connectivity index (χ2n) is 13.0. The van der Waals surface area contributed by atoms with Crippen LogP contribution in [0.3, 0.4) is 0 Å². The van der Waals surface area contributed by atoms with Crippen molar-refractivity contribution in [1.82, 2.24) is 10.2 Å². The van der Waals surface area contributed by atoms with Crippen LogP contribution in [0.25, 0.3) is 11.1 Å². The molecule has 10 heteroatoms. The summed E-state index contributed by atoms with van der Waals surface area (Å²) < 4.78 is 30.3. The number of ether oxygens (including phenoxy) is 5. The maximum absolute atomic E-state index is 12.3. The lowest BCUT2D eigenvalue weighted by atomic mass is 9.89. The Morgan fingerprint density at radius 3 is 2.29 bits per heavy atom. The summed E-state index contributed by atoms with van der Waals surface area (Å²) in [7, 11) is 0. The van der Waals surface area contributed by atoms with E-state index in [-0.39, 0.29) is 30.6 Å². The van der Waals surface area contributed by atoms with E-state index >= 15 is 0 Å². The fraction of sp³-hybridized carbons (Fsp3) is 0.474. The van der Waals surface area contributed by atoms with E-state index in [1.165, 1.54) is 6.92 Å². The average molecular weight is 659 g/mol. The molecule has 0 saturated carbocycles. The van der Waals surface area contributed by atoms with E-state index in [0.717, 1.165) is 65.9 Å². The SMILES string of the molecule is CC(=O)O[C@@H](C)C(=O)NCc1cccc(-c2ccc([C@H]3O[C@@H](CN4CCC5(CC4)OCCO5)[C@@H](C)[C@@H](c4ccc(CO)cc4)O3)cc2)c1. The van der Waals surface area contributed by atoms with Crippen molar-refractivity contribution in [3.05, 3.63) is 95.1 Å². The number of nitrogens with one attached hydrogen (secondary N) is 1. The Hall–Kier alpha value is -3.64. The first-order valence-corrected chi connectivity index (χ1v) is 16.9. The van der Waals surface area contributed by atoms with Gasteiger partial charge in [-0.2, -0.15) is 0 Å². The van der Waals surface area contributed by atoms with Crippen molar-refractivity contribution >= 4 is 11.9 Å². The fourth-order valence-electron chi connectivity index (χ4n) is 6.77. The highest BCUT2D eigenvalue weighted by Crippen LogP contribution is 2.42. The number of piperidine rings is 1. The molecule has 10 nitrogen and oxygen atoms in total. The second kappa shape index (κ2) is 15.3. The maximum atomic E-state index is 12.3. The molecule has 1 amide bonds. The van der Waals surface area contributed by atoms with Crippen LogP contribution in [0.5, 0.6) is 0 Å². The van der Waals surface area contributed by atoms with Crippen LogP contribution >= 0.6 is 0 Å². The molecule has 2 N–H and O–H groups in total. The zero-order valence-corrected chi connectivity index (χ0v) is 27.9. The highest BCUT2D eigenvalue weighted by atomic mass is 16.7. The number of nitrogens with zero attached hydrogens (tertiary/aromatic N) is 1. The van der Waals surface area contributed by atoms with Crippen molar-refractivity contribution in [1.29, 1.82) is 0 Å². The van der Waals surface area contributed by atoms with Crippen LogP contribution in [0.1, 0.15) is 68.3 Å². The fourth-order valence-corrected chi connectivity index (χ4v) is 6.77. The molecule has 1 spiro atoms. The third kappa shape index (κ3) is 8.14. The normalized spacial score (nSPS) is 24.7. The maximum Gasteiger partial charge on any atom is 0.303 e. The van der Waals surface area contributed by atoms with Gasteiger partial charge in [0.25, 0.3) is 5.91 Å². The van der Waals surface area contributed by atoms with Crippen molar-refractivity contribution in [2.24, 2.45) is 5.92 Å². The molecule has 0 radical (unpaired) electrons. The molecule has 5 atom stereocenters. The average Bonchev–Trinajstić information content (AvgIpc) is 3.57. The molecular weight excluding hydrogens is 612 g/mol. The van der Waals surface area contributed by atoms with Gasteiger partial charge in [0.05, 0.1) is 32.0 Å². The summed E-state index contributed by atoms with van der Waals surface area (Å²) in [6.07, 6.45) is 0.0410. The third-order valence-electron chi connectivity index (χ3n) is 9.61. The number of benzene rings is 3. The number of carbonyl (C=O) groups excluding carboxylic acids is 2. The summed E-state index contributed by atoms with van der Waals surface area (Å²) in [5, 5.41) is 12.4. The van der Waals surface area contributed by atoms with Crippen molar-refractivity contribution in [2.45, 2.75) is 77.2 Å². The Balaban J connectivity index is 1.15. The molecule has 3 aliphatic rings. The number of esters is 1. The lowest BCUT2D eigenvalue weighted by molar-refractivity contribution is -0.278. The van der Waals surface area contributed by atoms with Gasteiger partial charge in [-0.3, -0.25) is 9.59 Å². The Bertz CT molecular complexity index is 1530. The Kier molecular flexibility index (Phi) is 10.9. The number of likely N-dealkylation sites (tertiary alicyclic amines) is 1. The smallest absolute Gasteiger partial charge is 0.303 e. The minimum atomic E-state index is -0.849. The van der Waals surface area contributed by atoms with Gasteiger partial charge in [0.15, 0.2) is 18.2 Å². The standard InChI is InChI=1S/C38H46N2O8/c1-25-34(23-40-17-15-38(16-18-40)44-19-20-45-38)47-37(48-35(25)31-9-7-28(24-41)8-10-31)32-13-11-30(12-14-32)33-6-4-5-29(21-33)22-39-36(43)26(2)46-27(3)42/h4-14,21,25-26,34-35,37,41H,15-20,22-24H2,1-3H3,(H,39,43)/t25-,26+,34+,35+,37+/m1/s1. The van der Waals surface area contributed by atoms with Gasteiger partial charge in [-0.25, -0.2) is 0 Å². The van der Waals surface area contributed by atoms with Crippen LogP contribution in [0, 0.1) is 5.92 Å². The molecule has 3 fully saturated rings. The van der Waals surface area contributed by atoms with E-state index < -0.39 is 24.2 Å². The Labute approximate surface area is 282 Å². The number of amides is 1. The lowest BCUT2D eigenvalue weighted by Crippen LogP contribution is -2.50. The number of carbonyl (C=O) groups is 2. The van der Waals surface area contributed by atoms with Crippen molar-refractivity contribution in [3.63, 3.8) is 0 Å². The second-order valence-corrected chi connectivity index (χ2v) is 13.0. The van der Waals surface area contributed by atoms with Gasteiger partial charge in [0.1, 0.15) is 0 Å². The summed E-state index contributed by atoms with van der Waals surface area (Å²) in [6, 6.07) is 24.2. The quantitative estimate of drug-likeness (QED) is 0.289. The molecule has 256 valence electrons.